The van der Waals surface area contributed by atoms with E-state index < -0.39 is 0 Å². The van der Waals surface area contributed by atoms with Crippen LogP contribution in [0.4, 0.5) is 17.2 Å². The van der Waals surface area contributed by atoms with Crippen LogP contribution in [-0.4, -0.2) is 22.0 Å². The number of hydrogen-bond acceptors (Lipinski definition) is 4. The van der Waals surface area contributed by atoms with Crippen LogP contribution >= 0.6 is 0 Å². The number of H-pyrrole nitrogens is 1. The number of fused-ring (bicyclic) bond motifs is 1. The van der Waals surface area contributed by atoms with Crippen LogP contribution in [0.3, 0.4) is 0 Å². The summed E-state index contributed by atoms with van der Waals surface area (Å²) >= 11 is 0. The van der Waals surface area contributed by atoms with Crippen LogP contribution in [0.2, 0.25) is 0 Å². The summed E-state index contributed by atoms with van der Waals surface area (Å²) in [5, 5.41) is 15.4. The topological polar surface area (TPSA) is 98.9 Å². The largest absolute Gasteiger partial charge is 0.344 e. The van der Waals surface area contributed by atoms with Gasteiger partial charge in [-0.2, -0.15) is 5.10 Å². The molecule has 7 heteroatoms. The lowest BCUT2D eigenvalue weighted by molar-refractivity contribution is -0.114. The van der Waals surface area contributed by atoms with Crippen molar-refractivity contribution in [3.05, 3.63) is 77.6 Å². The second-order valence-corrected chi connectivity index (χ2v) is 6.55. The summed E-state index contributed by atoms with van der Waals surface area (Å²) in [7, 11) is 0. The Morgan fingerprint density at radius 1 is 1.11 bits per heavy atom. The van der Waals surface area contributed by atoms with Gasteiger partial charge in [0.05, 0.1) is 5.57 Å². The second kappa shape index (κ2) is 7.40. The minimum Gasteiger partial charge on any atom is -0.344 e. The van der Waals surface area contributed by atoms with E-state index >= 15 is 0 Å². The standard InChI is InChI=1S/C21H19N5O2/c1-13(27)24-16-5-2-14(3-6-16)10-15-4-7-19-17(11-15)18(21(28)25-19)12-22-20-8-9-23-26-20/h2-9,11-12H,10H2,1H3,(H,24,27)(H,25,28)(H2,22,23,26)/b18-12-. The first-order chi connectivity index (χ1) is 13.6. The average Bonchev–Trinajstić information content (AvgIpc) is 3.28. The molecule has 140 valence electrons. The highest BCUT2D eigenvalue weighted by Gasteiger charge is 2.24. The maximum atomic E-state index is 12.3. The van der Waals surface area contributed by atoms with E-state index in [1.165, 1.54) is 6.92 Å². The summed E-state index contributed by atoms with van der Waals surface area (Å²) in [5.74, 6) is 0.408. The van der Waals surface area contributed by atoms with Gasteiger partial charge in [-0.25, -0.2) is 0 Å². The SMILES string of the molecule is CC(=O)Nc1ccc(Cc2ccc3c(c2)/C(=C/Nc2cc[nH]n2)C(=O)N3)cc1. The third kappa shape index (κ3) is 3.78. The number of amides is 2. The molecule has 2 aromatic carbocycles. The first kappa shape index (κ1) is 17.5. The summed E-state index contributed by atoms with van der Waals surface area (Å²) in [4.78, 5) is 23.4. The summed E-state index contributed by atoms with van der Waals surface area (Å²) < 4.78 is 0. The van der Waals surface area contributed by atoms with Crippen molar-refractivity contribution in [2.45, 2.75) is 13.3 Å². The molecule has 7 nitrogen and oxygen atoms in total. The van der Waals surface area contributed by atoms with Crippen molar-refractivity contribution in [1.82, 2.24) is 10.2 Å². The number of nitrogens with zero attached hydrogens (tertiary/aromatic N) is 1. The molecule has 0 saturated heterocycles. The van der Waals surface area contributed by atoms with E-state index in [4.69, 9.17) is 0 Å². The number of hydrogen-bond donors (Lipinski definition) is 4. The molecule has 0 fully saturated rings. The van der Waals surface area contributed by atoms with E-state index in [1.807, 2.05) is 42.5 Å². The van der Waals surface area contributed by atoms with E-state index in [9.17, 15) is 9.59 Å². The van der Waals surface area contributed by atoms with Crippen molar-refractivity contribution in [1.29, 1.82) is 0 Å². The van der Waals surface area contributed by atoms with Crippen molar-refractivity contribution < 1.29 is 9.59 Å². The van der Waals surface area contributed by atoms with E-state index in [1.54, 1.807) is 18.5 Å². The van der Waals surface area contributed by atoms with Crippen LogP contribution in [0.15, 0.2) is 60.9 Å². The minimum absolute atomic E-state index is 0.0914. The Morgan fingerprint density at radius 2 is 1.89 bits per heavy atom. The zero-order valence-electron chi connectivity index (χ0n) is 15.2. The molecule has 3 aromatic rings. The van der Waals surface area contributed by atoms with Crippen molar-refractivity contribution in [3.8, 4) is 0 Å². The number of rotatable bonds is 5. The molecule has 0 bridgehead atoms. The lowest BCUT2D eigenvalue weighted by Gasteiger charge is -2.07. The van der Waals surface area contributed by atoms with Gasteiger partial charge in [-0.1, -0.05) is 18.2 Å². The first-order valence-corrected chi connectivity index (χ1v) is 8.86. The fraction of sp³-hybridized carbons (Fsp3) is 0.0952. The van der Waals surface area contributed by atoms with Gasteiger partial charge in [-0.15, -0.1) is 0 Å². The highest BCUT2D eigenvalue weighted by Crippen LogP contribution is 2.33. The van der Waals surface area contributed by atoms with Gasteiger partial charge in [0.15, 0.2) is 5.82 Å². The zero-order chi connectivity index (χ0) is 19.5. The molecule has 0 spiro atoms. The van der Waals surface area contributed by atoms with Gasteiger partial charge >= 0.3 is 0 Å². The molecule has 0 radical (unpaired) electrons. The molecular weight excluding hydrogens is 354 g/mol. The summed E-state index contributed by atoms with van der Waals surface area (Å²) in [6.07, 6.45) is 4.10. The second-order valence-electron chi connectivity index (χ2n) is 6.55. The summed E-state index contributed by atoms with van der Waals surface area (Å²) in [6.45, 7) is 1.49. The third-order valence-corrected chi connectivity index (χ3v) is 4.41. The van der Waals surface area contributed by atoms with Crippen LogP contribution in [0.25, 0.3) is 5.57 Å². The fourth-order valence-corrected chi connectivity index (χ4v) is 3.12. The van der Waals surface area contributed by atoms with Crippen LogP contribution in [0.1, 0.15) is 23.6 Å². The molecule has 0 saturated carbocycles. The van der Waals surface area contributed by atoms with Crippen LogP contribution < -0.4 is 16.0 Å². The molecule has 2 heterocycles. The molecule has 4 rings (SSSR count). The average molecular weight is 373 g/mol. The number of anilines is 3. The molecule has 0 atom stereocenters. The van der Waals surface area contributed by atoms with Gasteiger partial charge < -0.3 is 16.0 Å². The monoisotopic (exact) mass is 373 g/mol. The maximum Gasteiger partial charge on any atom is 0.257 e. The Labute approximate surface area is 161 Å². The van der Waals surface area contributed by atoms with Gasteiger partial charge in [0, 0.05) is 42.3 Å². The fourth-order valence-electron chi connectivity index (χ4n) is 3.12. The molecule has 4 N–H and O–H groups in total. The van der Waals surface area contributed by atoms with E-state index in [0.29, 0.717) is 11.4 Å². The number of aromatic nitrogens is 2. The van der Waals surface area contributed by atoms with Crippen molar-refractivity contribution in [3.63, 3.8) is 0 Å². The van der Waals surface area contributed by atoms with E-state index in [-0.39, 0.29) is 11.8 Å². The predicted molar refractivity (Wildman–Crippen MR) is 109 cm³/mol. The lowest BCUT2D eigenvalue weighted by Crippen LogP contribution is -2.05. The molecular formula is C21H19N5O2. The lowest BCUT2D eigenvalue weighted by atomic mass is 9.99. The highest BCUT2D eigenvalue weighted by atomic mass is 16.2. The molecule has 1 aromatic heterocycles. The van der Waals surface area contributed by atoms with E-state index in [0.717, 1.165) is 34.5 Å². The predicted octanol–water partition coefficient (Wildman–Crippen LogP) is 3.36. The van der Waals surface area contributed by atoms with Crippen LogP contribution in [-0.2, 0) is 16.0 Å². The van der Waals surface area contributed by atoms with Gasteiger partial charge in [0.1, 0.15) is 0 Å². The van der Waals surface area contributed by atoms with Gasteiger partial charge in [-0.05, 0) is 41.8 Å². The number of aromatic amines is 1. The summed E-state index contributed by atoms with van der Waals surface area (Å²) in [5.41, 5.74) is 5.21. The Bertz CT molecular complexity index is 1050. The third-order valence-electron chi connectivity index (χ3n) is 4.41. The number of benzene rings is 2. The minimum atomic E-state index is -0.144. The Hall–Kier alpha value is -3.87. The molecule has 28 heavy (non-hydrogen) atoms. The molecule has 1 aliphatic heterocycles. The number of nitrogens with one attached hydrogen (secondary N) is 4. The molecule has 0 aliphatic carbocycles. The zero-order valence-corrected chi connectivity index (χ0v) is 15.2. The summed E-state index contributed by atoms with van der Waals surface area (Å²) in [6, 6.07) is 15.5. The van der Waals surface area contributed by atoms with Crippen LogP contribution in [0, 0.1) is 0 Å². The number of carbonyl (C=O) groups excluding carboxylic acids is 2. The van der Waals surface area contributed by atoms with Gasteiger partial charge in [0.25, 0.3) is 5.91 Å². The highest BCUT2D eigenvalue weighted by molar-refractivity contribution is 6.31. The Kier molecular flexibility index (Phi) is 4.63. The smallest absolute Gasteiger partial charge is 0.257 e. The number of carbonyl (C=O) groups is 2. The maximum absolute atomic E-state index is 12.3. The van der Waals surface area contributed by atoms with E-state index in [2.05, 4.69) is 26.1 Å². The molecule has 1 aliphatic rings. The quantitative estimate of drug-likeness (QED) is 0.515. The van der Waals surface area contributed by atoms with Gasteiger partial charge in [-0.3, -0.25) is 14.7 Å². The Morgan fingerprint density at radius 3 is 2.61 bits per heavy atom. The van der Waals surface area contributed by atoms with Crippen molar-refractivity contribution in [2.24, 2.45) is 0 Å². The van der Waals surface area contributed by atoms with Crippen molar-refractivity contribution in [2.75, 3.05) is 16.0 Å². The van der Waals surface area contributed by atoms with Gasteiger partial charge in [0.2, 0.25) is 5.91 Å². The van der Waals surface area contributed by atoms with Crippen molar-refractivity contribution >= 4 is 34.6 Å². The molecule has 0 unspecified atom stereocenters. The first-order valence-electron chi connectivity index (χ1n) is 8.86. The normalized spacial score (nSPS) is 13.9. The Balaban J connectivity index is 1.54. The van der Waals surface area contributed by atoms with Crippen LogP contribution in [0.5, 0.6) is 0 Å². The molecule has 2 amide bonds.